The molecule has 2 aliphatic heterocycles. The number of pyridine rings is 1. The molecule has 0 atom stereocenters. The van der Waals surface area contributed by atoms with Crippen molar-refractivity contribution in [3.8, 4) is 0 Å². The van der Waals surface area contributed by atoms with Crippen LogP contribution in [0.2, 0.25) is 0 Å². The lowest BCUT2D eigenvalue weighted by Crippen LogP contribution is -2.34. The van der Waals surface area contributed by atoms with Gasteiger partial charge in [0.25, 0.3) is 0 Å². The Hall–Kier alpha value is -3.95. The van der Waals surface area contributed by atoms with E-state index in [0.29, 0.717) is 43.9 Å². The predicted octanol–water partition coefficient (Wildman–Crippen LogP) is 5.31. The van der Waals surface area contributed by atoms with E-state index < -0.39 is 17.6 Å². The molecule has 1 amide bonds. The summed E-state index contributed by atoms with van der Waals surface area (Å²) in [5.41, 5.74) is 6.31. The Bertz CT molecular complexity index is 1580. The molecule has 2 aromatic heterocycles. The van der Waals surface area contributed by atoms with E-state index >= 15 is 0 Å². The molecule has 0 unspecified atom stereocenters. The second-order valence-electron chi connectivity index (χ2n) is 9.60. The van der Waals surface area contributed by atoms with Crippen molar-refractivity contribution in [1.29, 1.82) is 0 Å². The first-order valence-corrected chi connectivity index (χ1v) is 12.4. The molecule has 9 heteroatoms. The number of carbonyl (C=O) groups excluding carboxylic acids is 1. The van der Waals surface area contributed by atoms with Crippen LogP contribution in [-0.4, -0.2) is 33.6 Å². The number of hydrogen-bond donors (Lipinski definition) is 1. The number of fused-ring (bicyclic) bond motifs is 4. The van der Waals surface area contributed by atoms with Gasteiger partial charge in [0.15, 0.2) is 11.6 Å². The van der Waals surface area contributed by atoms with E-state index in [-0.39, 0.29) is 12.6 Å². The average Bonchev–Trinajstić information content (AvgIpc) is 3.49. The number of aromatic nitrogens is 2. The van der Waals surface area contributed by atoms with E-state index in [9.17, 15) is 18.0 Å². The van der Waals surface area contributed by atoms with Gasteiger partial charge in [-0.25, -0.2) is 18.6 Å². The second kappa shape index (κ2) is 10.1. The number of rotatable bonds is 5. The molecule has 0 aliphatic carbocycles. The molecule has 4 aromatic rings. The normalized spacial score (nSPS) is 15.2. The largest absolute Gasteiger partial charge is 0.372 e. The first kappa shape index (κ1) is 24.4. The number of carbonyl (C=O) groups is 1. The fraction of sp³-hybridized carbons (Fsp3) is 0.241. The Morgan fingerprint density at radius 2 is 1.89 bits per heavy atom. The Kier molecular flexibility index (Phi) is 6.47. The van der Waals surface area contributed by atoms with Gasteiger partial charge < -0.3 is 10.1 Å². The van der Waals surface area contributed by atoms with Crippen LogP contribution in [0.5, 0.6) is 0 Å². The molecular formula is C29H25F3N4O2. The molecule has 0 saturated carbocycles. The molecule has 4 heterocycles. The van der Waals surface area contributed by atoms with Gasteiger partial charge in [-0.1, -0.05) is 18.2 Å². The van der Waals surface area contributed by atoms with Gasteiger partial charge in [0.05, 0.1) is 18.7 Å². The molecule has 2 aliphatic rings. The molecule has 194 valence electrons. The third-order valence-corrected chi connectivity index (χ3v) is 7.12. The standard InChI is InChI=1S/C29H25F3N4O2/c30-24-4-3-18(10-25(24)31)2-1-8-35-9-6-26-23(15-35)22-12-20-16-38-17-21(20)13-27(22)36(26)29(37)34-14-19-5-7-33-28(32)11-19/h1-5,7,10-13H,6,8-9,14-17H2,(H,34,37)/b2-1+. The number of hydrogen-bond acceptors (Lipinski definition) is 4. The van der Waals surface area contributed by atoms with Crippen molar-refractivity contribution in [2.75, 3.05) is 13.1 Å². The summed E-state index contributed by atoms with van der Waals surface area (Å²) in [7, 11) is 0. The van der Waals surface area contributed by atoms with Crippen LogP contribution in [-0.2, 0) is 37.5 Å². The van der Waals surface area contributed by atoms with Gasteiger partial charge in [-0.3, -0.25) is 9.47 Å². The summed E-state index contributed by atoms with van der Waals surface area (Å²) in [6, 6.07) is 10.7. The van der Waals surface area contributed by atoms with Crippen molar-refractivity contribution in [1.82, 2.24) is 19.8 Å². The monoisotopic (exact) mass is 518 g/mol. The van der Waals surface area contributed by atoms with Crippen molar-refractivity contribution < 1.29 is 22.7 Å². The Labute approximate surface area is 217 Å². The minimum Gasteiger partial charge on any atom is -0.372 e. The van der Waals surface area contributed by atoms with Crippen LogP contribution in [0.4, 0.5) is 18.0 Å². The highest BCUT2D eigenvalue weighted by atomic mass is 19.2. The highest BCUT2D eigenvalue weighted by molar-refractivity contribution is 5.96. The summed E-state index contributed by atoms with van der Waals surface area (Å²) in [6.45, 7) is 3.24. The van der Waals surface area contributed by atoms with Crippen molar-refractivity contribution >= 4 is 23.0 Å². The first-order valence-electron chi connectivity index (χ1n) is 12.4. The number of benzene rings is 2. The summed E-state index contributed by atoms with van der Waals surface area (Å²) < 4.78 is 47.6. The molecule has 0 saturated heterocycles. The molecule has 0 spiro atoms. The number of nitrogens with one attached hydrogen (secondary N) is 1. The zero-order chi connectivity index (χ0) is 26.2. The Morgan fingerprint density at radius 3 is 2.71 bits per heavy atom. The summed E-state index contributed by atoms with van der Waals surface area (Å²) >= 11 is 0. The molecule has 0 bridgehead atoms. The van der Waals surface area contributed by atoms with Crippen molar-refractivity contribution in [3.63, 3.8) is 0 Å². The minimum absolute atomic E-state index is 0.182. The van der Waals surface area contributed by atoms with E-state index in [1.807, 2.05) is 12.1 Å². The van der Waals surface area contributed by atoms with Crippen LogP contribution in [0.3, 0.4) is 0 Å². The number of amides is 1. The fourth-order valence-electron chi connectivity index (χ4n) is 5.24. The SMILES string of the molecule is O=C(NCc1ccnc(F)c1)n1c2c(c3cc4c(cc31)COC4)CN(C/C=C/c1ccc(F)c(F)c1)CC2. The zero-order valence-corrected chi connectivity index (χ0v) is 20.5. The summed E-state index contributed by atoms with van der Waals surface area (Å²) in [5, 5.41) is 3.94. The van der Waals surface area contributed by atoms with Crippen molar-refractivity contribution in [2.45, 2.75) is 32.7 Å². The van der Waals surface area contributed by atoms with E-state index in [2.05, 4.69) is 21.3 Å². The van der Waals surface area contributed by atoms with Gasteiger partial charge in [-0.15, -0.1) is 0 Å². The quantitative estimate of drug-likeness (QED) is 0.364. The number of nitrogens with zero attached hydrogens (tertiary/aromatic N) is 3. The number of halogens is 3. The Morgan fingerprint density at radius 1 is 1.05 bits per heavy atom. The predicted molar refractivity (Wildman–Crippen MR) is 137 cm³/mol. The topological polar surface area (TPSA) is 59.4 Å². The Balaban J connectivity index is 1.27. The van der Waals surface area contributed by atoms with Gasteiger partial charge in [0.1, 0.15) is 0 Å². The van der Waals surface area contributed by atoms with Crippen LogP contribution in [0, 0.1) is 17.6 Å². The van der Waals surface area contributed by atoms with Gasteiger partial charge in [-0.2, -0.15) is 4.39 Å². The second-order valence-corrected chi connectivity index (χ2v) is 9.60. The maximum absolute atomic E-state index is 13.5. The lowest BCUT2D eigenvalue weighted by atomic mass is 10.0. The van der Waals surface area contributed by atoms with Crippen LogP contribution in [0.1, 0.15) is 33.5 Å². The fourth-order valence-corrected chi connectivity index (χ4v) is 5.24. The van der Waals surface area contributed by atoms with Crippen molar-refractivity contribution in [3.05, 3.63) is 106 Å². The third-order valence-electron chi connectivity index (χ3n) is 7.12. The van der Waals surface area contributed by atoms with E-state index in [0.717, 1.165) is 45.9 Å². The van der Waals surface area contributed by atoms with Gasteiger partial charge in [0, 0.05) is 49.9 Å². The molecule has 0 radical (unpaired) electrons. The van der Waals surface area contributed by atoms with Gasteiger partial charge in [0.2, 0.25) is 5.95 Å². The summed E-state index contributed by atoms with van der Waals surface area (Å²) in [5.74, 6) is -2.32. The van der Waals surface area contributed by atoms with Crippen LogP contribution in [0.25, 0.3) is 17.0 Å². The number of ether oxygens (including phenoxy) is 1. The third kappa shape index (κ3) is 4.70. The zero-order valence-electron chi connectivity index (χ0n) is 20.5. The highest BCUT2D eigenvalue weighted by Gasteiger charge is 2.28. The van der Waals surface area contributed by atoms with Crippen LogP contribution in [0.15, 0.2) is 54.7 Å². The average molecular weight is 519 g/mol. The van der Waals surface area contributed by atoms with Gasteiger partial charge in [-0.05, 0) is 64.2 Å². The molecule has 6 rings (SSSR count). The lowest BCUT2D eigenvalue weighted by Gasteiger charge is -2.27. The molecular weight excluding hydrogens is 493 g/mol. The molecule has 38 heavy (non-hydrogen) atoms. The molecule has 6 nitrogen and oxygen atoms in total. The molecule has 2 aromatic carbocycles. The van der Waals surface area contributed by atoms with Crippen LogP contribution >= 0.6 is 0 Å². The minimum atomic E-state index is -0.869. The maximum Gasteiger partial charge on any atom is 0.326 e. The maximum atomic E-state index is 13.5. The molecule has 0 fully saturated rings. The van der Waals surface area contributed by atoms with E-state index in [1.165, 1.54) is 18.3 Å². The van der Waals surface area contributed by atoms with Crippen molar-refractivity contribution in [2.24, 2.45) is 0 Å². The highest BCUT2D eigenvalue weighted by Crippen LogP contribution is 2.35. The van der Waals surface area contributed by atoms with E-state index in [4.69, 9.17) is 4.74 Å². The van der Waals surface area contributed by atoms with E-state index in [1.54, 1.807) is 22.8 Å². The van der Waals surface area contributed by atoms with Gasteiger partial charge >= 0.3 is 6.03 Å². The lowest BCUT2D eigenvalue weighted by molar-refractivity contribution is 0.134. The summed E-state index contributed by atoms with van der Waals surface area (Å²) in [6.07, 6.45) is 5.76. The van der Waals surface area contributed by atoms with Crippen LogP contribution < -0.4 is 5.32 Å². The molecule has 1 N–H and O–H groups in total. The first-order chi connectivity index (χ1) is 18.5. The smallest absolute Gasteiger partial charge is 0.326 e. The summed E-state index contributed by atoms with van der Waals surface area (Å²) in [4.78, 5) is 19.3.